The molecule has 1 spiro atoms. The van der Waals surface area contributed by atoms with Crippen LogP contribution < -0.4 is 5.32 Å². The first-order chi connectivity index (χ1) is 15.1. The molecule has 3 aliphatic rings. The van der Waals surface area contributed by atoms with Crippen LogP contribution in [0.4, 0.5) is 0 Å². The number of benzene rings is 2. The fourth-order valence-electron chi connectivity index (χ4n) is 6.93. The fourth-order valence-corrected chi connectivity index (χ4v) is 6.93. The van der Waals surface area contributed by atoms with Gasteiger partial charge in [-0.3, -0.25) is 4.90 Å². The van der Waals surface area contributed by atoms with Gasteiger partial charge in [0.1, 0.15) is 6.29 Å². The van der Waals surface area contributed by atoms with Gasteiger partial charge in [0.05, 0.1) is 0 Å². The highest BCUT2D eigenvalue weighted by atomic mass is 16.1. The Labute approximate surface area is 187 Å². The molecule has 1 unspecified atom stereocenters. The van der Waals surface area contributed by atoms with Crippen molar-refractivity contribution in [2.75, 3.05) is 26.2 Å². The van der Waals surface area contributed by atoms with Crippen molar-refractivity contribution < 1.29 is 4.79 Å². The molecule has 2 saturated heterocycles. The van der Waals surface area contributed by atoms with E-state index in [0.29, 0.717) is 17.9 Å². The van der Waals surface area contributed by atoms with E-state index in [-0.39, 0.29) is 11.3 Å². The lowest BCUT2D eigenvalue weighted by atomic mass is 9.60. The minimum absolute atomic E-state index is 0.0609. The maximum absolute atomic E-state index is 12.3. The standard InChI is InChI=1S/C28H36N2O/c1-20(2)24-9-6-10-26-25(24)11-12-27(28(26)19-29-17-23(28)18-31)30-15-13-22(14-16-30)21-7-4-3-5-8-21/h3-10,18,20,22-23,27,29H,11-17,19H2,1-2H3/t23-,27?,28+/m0/s1. The van der Waals surface area contributed by atoms with E-state index in [1.807, 2.05) is 0 Å². The van der Waals surface area contributed by atoms with Gasteiger partial charge in [0.25, 0.3) is 0 Å². The van der Waals surface area contributed by atoms with Crippen LogP contribution in [0, 0.1) is 5.92 Å². The lowest BCUT2D eigenvalue weighted by Gasteiger charge is -2.52. The van der Waals surface area contributed by atoms with Crippen molar-refractivity contribution in [2.24, 2.45) is 5.92 Å². The SMILES string of the molecule is CC(C)c1cccc2c1CCC(N1CCC(c3ccccc3)CC1)[C@@]21CNC[C@H]1C=O. The predicted molar refractivity (Wildman–Crippen MR) is 127 cm³/mol. The van der Waals surface area contributed by atoms with Crippen molar-refractivity contribution in [2.45, 2.75) is 62.8 Å². The third-order valence-electron chi connectivity index (χ3n) is 8.45. The molecule has 5 rings (SSSR count). The van der Waals surface area contributed by atoms with Crippen LogP contribution in [0.15, 0.2) is 48.5 Å². The number of aldehydes is 1. The molecule has 2 aliphatic heterocycles. The van der Waals surface area contributed by atoms with E-state index in [1.54, 1.807) is 0 Å². The average molecular weight is 417 g/mol. The van der Waals surface area contributed by atoms with Gasteiger partial charge < -0.3 is 10.1 Å². The van der Waals surface area contributed by atoms with Crippen molar-refractivity contribution in [3.63, 3.8) is 0 Å². The van der Waals surface area contributed by atoms with Gasteiger partial charge in [-0.05, 0) is 72.9 Å². The first kappa shape index (κ1) is 20.9. The van der Waals surface area contributed by atoms with Gasteiger partial charge in [-0.15, -0.1) is 0 Å². The topological polar surface area (TPSA) is 32.3 Å². The Balaban J connectivity index is 1.47. The molecule has 0 aromatic heterocycles. The predicted octanol–water partition coefficient (Wildman–Crippen LogP) is 4.66. The molecule has 3 atom stereocenters. The molecule has 0 bridgehead atoms. The van der Waals surface area contributed by atoms with E-state index >= 15 is 0 Å². The first-order valence-electron chi connectivity index (χ1n) is 12.2. The van der Waals surface area contributed by atoms with Crippen LogP contribution in [-0.4, -0.2) is 43.4 Å². The monoisotopic (exact) mass is 416 g/mol. The number of likely N-dealkylation sites (tertiary alicyclic amines) is 1. The number of hydrogen-bond donors (Lipinski definition) is 1. The summed E-state index contributed by atoms with van der Waals surface area (Å²) in [5.41, 5.74) is 5.88. The third kappa shape index (κ3) is 3.47. The number of piperidine rings is 1. The first-order valence-corrected chi connectivity index (χ1v) is 12.2. The van der Waals surface area contributed by atoms with Crippen LogP contribution >= 0.6 is 0 Å². The number of nitrogens with one attached hydrogen (secondary N) is 1. The smallest absolute Gasteiger partial charge is 0.125 e. The zero-order chi connectivity index (χ0) is 21.4. The number of fused-ring (bicyclic) bond motifs is 2. The zero-order valence-corrected chi connectivity index (χ0v) is 19.0. The lowest BCUT2D eigenvalue weighted by molar-refractivity contribution is -0.113. The summed E-state index contributed by atoms with van der Waals surface area (Å²) >= 11 is 0. The largest absolute Gasteiger partial charge is 0.315 e. The average Bonchev–Trinajstić information content (AvgIpc) is 3.23. The summed E-state index contributed by atoms with van der Waals surface area (Å²) in [6, 6.07) is 18.4. The fraction of sp³-hybridized carbons (Fsp3) is 0.536. The molecule has 2 aromatic carbocycles. The maximum atomic E-state index is 12.3. The van der Waals surface area contributed by atoms with E-state index in [9.17, 15) is 4.79 Å². The van der Waals surface area contributed by atoms with Crippen LogP contribution in [0.3, 0.4) is 0 Å². The molecule has 31 heavy (non-hydrogen) atoms. The molecule has 2 fully saturated rings. The molecule has 1 N–H and O–H groups in total. The van der Waals surface area contributed by atoms with Gasteiger partial charge in [0.15, 0.2) is 0 Å². The van der Waals surface area contributed by atoms with Crippen molar-refractivity contribution in [3.05, 3.63) is 70.8 Å². The van der Waals surface area contributed by atoms with Gasteiger partial charge in [0.2, 0.25) is 0 Å². The van der Waals surface area contributed by atoms with Crippen molar-refractivity contribution in [1.82, 2.24) is 10.2 Å². The van der Waals surface area contributed by atoms with E-state index in [0.717, 1.165) is 32.6 Å². The number of hydrogen-bond acceptors (Lipinski definition) is 3. The quantitative estimate of drug-likeness (QED) is 0.736. The summed E-state index contributed by atoms with van der Waals surface area (Å²) in [7, 11) is 0. The normalized spacial score (nSPS) is 29.4. The molecular weight excluding hydrogens is 380 g/mol. The summed E-state index contributed by atoms with van der Waals surface area (Å²) in [4.78, 5) is 15.1. The summed E-state index contributed by atoms with van der Waals surface area (Å²) < 4.78 is 0. The van der Waals surface area contributed by atoms with Crippen molar-refractivity contribution in [1.29, 1.82) is 0 Å². The Morgan fingerprint density at radius 2 is 1.81 bits per heavy atom. The zero-order valence-electron chi connectivity index (χ0n) is 19.0. The summed E-state index contributed by atoms with van der Waals surface area (Å²) in [5, 5.41) is 3.62. The second-order valence-electron chi connectivity index (χ2n) is 10.2. The summed E-state index contributed by atoms with van der Waals surface area (Å²) in [6.07, 6.45) is 5.99. The highest BCUT2D eigenvalue weighted by Gasteiger charge is 2.54. The molecule has 2 aromatic rings. The Hall–Kier alpha value is -1.97. The molecule has 164 valence electrons. The maximum Gasteiger partial charge on any atom is 0.125 e. The Morgan fingerprint density at radius 3 is 2.52 bits per heavy atom. The van der Waals surface area contributed by atoms with E-state index in [1.165, 1.54) is 47.8 Å². The van der Waals surface area contributed by atoms with Crippen LogP contribution in [-0.2, 0) is 16.6 Å². The van der Waals surface area contributed by atoms with Gasteiger partial charge in [-0.1, -0.05) is 62.4 Å². The summed E-state index contributed by atoms with van der Waals surface area (Å²) in [6.45, 7) is 8.60. The van der Waals surface area contributed by atoms with Gasteiger partial charge in [-0.2, -0.15) is 0 Å². The Bertz CT molecular complexity index is 916. The third-order valence-corrected chi connectivity index (χ3v) is 8.45. The van der Waals surface area contributed by atoms with Crippen LogP contribution in [0.25, 0.3) is 0 Å². The molecule has 1 aliphatic carbocycles. The highest BCUT2D eigenvalue weighted by molar-refractivity contribution is 5.62. The molecule has 2 heterocycles. The number of nitrogens with zero attached hydrogens (tertiary/aromatic N) is 1. The number of carbonyl (C=O) groups excluding carboxylic acids is 1. The molecule has 0 amide bonds. The number of rotatable bonds is 4. The van der Waals surface area contributed by atoms with Crippen LogP contribution in [0.2, 0.25) is 0 Å². The second-order valence-corrected chi connectivity index (χ2v) is 10.2. The highest BCUT2D eigenvalue weighted by Crippen LogP contribution is 2.49. The summed E-state index contributed by atoms with van der Waals surface area (Å²) in [5.74, 6) is 1.25. The van der Waals surface area contributed by atoms with Crippen molar-refractivity contribution in [3.8, 4) is 0 Å². The molecule has 0 saturated carbocycles. The van der Waals surface area contributed by atoms with Crippen molar-refractivity contribution >= 4 is 6.29 Å². The molecule has 3 nitrogen and oxygen atoms in total. The number of carbonyl (C=O) groups is 1. The van der Waals surface area contributed by atoms with Crippen LogP contribution in [0.1, 0.15) is 67.2 Å². The van der Waals surface area contributed by atoms with Crippen LogP contribution in [0.5, 0.6) is 0 Å². The van der Waals surface area contributed by atoms with E-state index < -0.39 is 0 Å². The van der Waals surface area contributed by atoms with E-state index in [2.05, 4.69) is 72.6 Å². The van der Waals surface area contributed by atoms with Gasteiger partial charge in [0, 0.05) is 30.5 Å². The molecule has 0 radical (unpaired) electrons. The minimum atomic E-state index is -0.0835. The Kier molecular flexibility index (Phi) is 5.75. The Morgan fingerprint density at radius 1 is 1.03 bits per heavy atom. The van der Waals surface area contributed by atoms with Gasteiger partial charge >= 0.3 is 0 Å². The van der Waals surface area contributed by atoms with E-state index in [4.69, 9.17) is 0 Å². The second kappa shape index (κ2) is 8.52. The van der Waals surface area contributed by atoms with Gasteiger partial charge in [-0.25, -0.2) is 0 Å². The molecular formula is C28H36N2O. The lowest BCUT2D eigenvalue weighted by Crippen LogP contribution is -2.59. The minimum Gasteiger partial charge on any atom is -0.315 e. The molecule has 3 heteroatoms.